The Bertz CT molecular complexity index is 1030. The average molecular weight is 481 g/mol. The molecule has 6 nitrogen and oxygen atoms in total. The van der Waals surface area contributed by atoms with Gasteiger partial charge in [-0.25, -0.2) is 0 Å². The fourth-order valence-electron chi connectivity index (χ4n) is 3.70. The van der Waals surface area contributed by atoms with Gasteiger partial charge in [0.1, 0.15) is 5.75 Å². The normalized spacial score (nSPS) is 10.9. The SMILES string of the molecule is CCCCCCCCC(=O)NCc1nnc(SCc2cccc(OC)c2)n1-c1ccc(C)cc1. The first-order valence-electron chi connectivity index (χ1n) is 12.1. The molecule has 1 amide bonds. The molecular formula is C27H36N4O2S. The highest BCUT2D eigenvalue weighted by Gasteiger charge is 2.16. The molecule has 3 aromatic rings. The van der Waals surface area contributed by atoms with Crippen LogP contribution in [0.1, 0.15) is 68.8 Å². The number of nitrogens with one attached hydrogen (secondary N) is 1. The van der Waals surface area contributed by atoms with Crippen LogP contribution in [0.5, 0.6) is 5.75 Å². The van der Waals surface area contributed by atoms with Crippen molar-refractivity contribution in [3.8, 4) is 11.4 Å². The predicted octanol–water partition coefficient (Wildman–Crippen LogP) is 6.24. The minimum Gasteiger partial charge on any atom is -0.497 e. The molecule has 0 bridgehead atoms. The van der Waals surface area contributed by atoms with Gasteiger partial charge in [-0.2, -0.15) is 0 Å². The fraction of sp³-hybridized carbons (Fsp3) is 0.444. The van der Waals surface area contributed by atoms with E-state index in [4.69, 9.17) is 4.74 Å². The number of hydrogen-bond donors (Lipinski definition) is 1. The number of nitrogens with zero attached hydrogens (tertiary/aromatic N) is 3. The van der Waals surface area contributed by atoms with Gasteiger partial charge in [-0.1, -0.05) is 80.6 Å². The highest BCUT2D eigenvalue weighted by Crippen LogP contribution is 2.27. The van der Waals surface area contributed by atoms with Gasteiger partial charge in [-0.05, 0) is 43.2 Å². The van der Waals surface area contributed by atoms with Crippen molar-refractivity contribution < 1.29 is 9.53 Å². The van der Waals surface area contributed by atoms with E-state index in [1.165, 1.54) is 31.2 Å². The van der Waals surface area contributed by atoms with Crippen LogP contribution in [-0.2, 0) is 17.1 Å². The maximum absolute atomic E-state index is 12.4. The lowest BCUT2D eigenvalue weighted by Gasteiger charge is -2.12. The summed E-state index contributed by atoms with van der Waals surface area (Å²) in [6.45, 7) is 4.64. The molecule has 0 radical (unpaired) electrons. The van der Waals surface area contributed by atoms with E-state index in [1.54, 1.807) is 18.9 Å². The highest BCUT2D eigenvalue weighted by atomic mass is 32.2. The number of benzene rings is 2. The van der Waals surface area contributed by atoms with Gasteiger partial charge in [-0.3, -0.25) is 9.36 Å². The lowest BCUT2D eigenvalue weighted by atomic mass is 10.1. The van der Waals surface area contributed by atoms with E-state index >= 15 is 0 Å². The summed E-state index contributed by atoms with van der Waals surface area (Å²) < 4.78 is 7.38. The van der Waals surface area contributed by atoms with Gasteiger partial charge in [0.2, 0.25) is 5.91 Å². The van der Waals surface area contributed by atoms with Crippen LogP contribution in [-0.4, -0.2) is 27.8 Å². The molecule has 1 aromatic heterocycles. The first-order chi connectivity index (χ1) is 16.6. The standard InChI is InChI=1S/C27H36N4O2S/c1-4-5-6-7-8-9-13-26(32)28-19-25-29-30-27(31(25)23-16-14-21(2)15-17-23)34-20-22-11-10-12-24(18-22)33-3/h10-12,14-18H,4-9,13,19-20H2,1-3H3,(H,28,32). The number of carbonyl (C=O) groups is 1. The first kappa shape index (κ1) is 25.8. The van der Waals surface area contributed by atoms with Crippen molar-refractivity contribution in [3.05, 3.63) is 65.5 Å². The summed E-state index contributed by atoms with van der Waals surface area (Å²) in [6, 6.07) is 16.3. The Kier molecular flexibility index (Phi) is 10.5. The summed E-state index contributed by atoms with van der Waals surface area (Å²) >= 11 is 1.62. The Morgan fingerprint density at radius 3 is 2.56 bits per heavy atom. The van der Waals surface area contributed by atoms with Crippen LogP contribution in [0.3, 0.4) is 0 Å². The maximum atomic E-state index is 12.4. The van der Waals surface area contributed by atoms with Gasteiger partial charge in [-0.15, -0.1) is 10.2 Å². The van der Waals surface area contributed by atoms with E-state index in [-0.39, 0.29) is 5.91 Å². The number of ether oxygens (including phenoxy) is 1. The number of carbonyl (C=O) groups excluding carboxylic acids is 1. The molecule has 0 aliphatic heterocycles. The topological polar surface area (TPSA) is 69.0 Å². The molecule has 0 unspecified atom stereocenters. The number of rotatable bonds is 14. The number of aryl methyl sites for hydroxylation is 1. The minimum absolute atomic E-state index is 0.0690. The second-order valence-corrected chi connectivity index (χ2v) is 9.45. The van der Waals surface area contributed by atoms with Gasteiger partial charge >= 0.3 is 0 Å². The van der Waals surface area contributed by atoms with Crippen molar-refractivity contribution >= 4 is 17.7 Å². The zero-order chi connectivity index (χ0) is 24.2. The number of amides is 1. The lowest BCUT2D eigenvalue weighted by Crippen LogP contribution is -2.24. The molecule has 0 atom stereocenters. The predicted molar refractivity (Wildman–Crippen MR) is 138 cm³/mol. The summed E-state index contributed by atoms with van der Waals surface area (Å²) in [7, 11) is 1.67. The van der Waals surface area contributed by atoms with Gasteiger partial charge in [0.25, 0.3) is 0 Å². The first-order valence-corrected chi connectivity index (χ1v) is 13.1. The van der Waals surface area contributed by atoms with Crippen molar-refractivity contribution in [1.82, 2.24) is 20.1 Å². The molecule has 1 heterocycles. The molecular weight excluding hydrogens is 444 g/mol. The van der Waals surface area contributed by atoms with Crippen molar-refractivity contribution in [3.63, 3.8) is 0 Å². The number of thioether (sulfide) groups is 1. The minimum atomic E-state index is 0.0690. The van der Waals surface area contributed by atoms with E-state index in [1.807, 2.05) is 22.8 Å². The smallest absolute Gasteiger partial charge is 0.220 e. The van der Waals surface area contributed by atoms with Crippen LogP contribution in [0, 0.1) is 6.92 Å². The summed E-state index contributed by atoms with van der Waals surface area (Å²) in [5.74, 6) is 2.38. The second-order valence-electron chi connectivity index (χ2n) is 8.50. The van der Waals surface area contributed by atoms with Crippen LogP contribution in [0.2, 0.25) is 0 Å². The summed E-state index contributed by atoms with van der Waals surface area (Å²) in [4.78, 5) is 12.4. The molecule has 0 spiro atoms. The van der Waals surface area contributed by atoms with E-state index in [0.29, 0.717) is 13.0 Å². The molecule has 7 heteroatoms. The quantitative estimate of drug-likeness (QED) is 0.218. The van der Waals surface area contributed by atoms with Crippen LogP contribution >= 0.6 is 11.8 Å². The molecule has 34 heavy (non-hydrogen) atoms. The fourth-order valence-corrected chi connectivity index (χ4v) is 4.62. The Hall–Kier alpha value is -2.80. The molecule has 2 aromatic carbocycles. The number of aromatic nitrogens is 3. The third kappa shape index (κ3) is 7.90. The molecule has 1 N–H and O–H groups in total. The van der Waals surface area contributed by atoms with Crippen LogP contribution < -0.4 is 10.1 Å². The molecule has 0 aliphatic carbocycles. The Balaban J connectivity index is 1.65. The Labute approximate surface area is 207 Å². The summed E-state index contributed by atoms with van der Waals surface area (Å²) in [6.07, 6.45) is 7.58. The molecule has 3 rings (SSSR count). The molecule has 0 aliphatic rings. The van der Waals surface area contributed by atoms with Gasteiger partial charge in [0.05, 0.1) is 13.7 Å². The molecule has 0 saturated carbocycles. The Morgan fingerprint density at radius 2 is 1.79 bits per heavy atom. The third-order valence-electron chi connectivity index (χ3n) is 5.70. The van der Waals surface area contributed by atoms with E-state index in [9.17, 15) is 4.79 Å². The Morgan fingerprint density at radius 1 is 1.03 bits per heavy atom. The summed E-state index contributed by atoms with van der Waals surface area (Å²) in [5, 5.41) is 12.7. The zero-order valence-corrected chi connectivity index (χ0v) is 21.4. The van der Waals surface area contributed by atoms with Crippen LogP contribution in [0.15, 0.2) is 53.7 Å². The lowest BCUT2D eigenvalue weighted by molar-refractivity contribution is -0.121. The van der Waals surface area contributed by atoms with E-state index < -0.39 is 0 Å². The number of methoxy groups -OCH3 is 1. The van der Waals surface area contributed by atoms with Crippen molar-refractivity contribution in [2.24, 2.45) is 0 Å². The van der Waals surface area contributed by atoms with Crippen molar-refractivity contribution in [2.45, 2.75) is 76.2 Å². The number of hydrogen-bond acceptors (Lipinski definition) is 5. The molecule has 0 saturated heterocycles. The van der Waals surface area contributed by atoms with E-state index in [0.717, 1.165) is 46.6 Å². The van der Waals surface area contributed by atoms with Crippen molar-refractivity contribution in [2.75, 3.05) is 7.11 Å². The van der Waals surface area contributed by atoms with Crippen molar-refractivity contribution in [1.29, 1.82) is 0 Å². The third-order valence-corrected chi connectivity index (χ3v) is 6.70. The van der Waals surface area contributed by atoms with Gasteiger partial charge in [0, 0.05) is 17.9 Å². The number of unbranched alkanes of at least 4 members (excludes halogenated alkanes) is 5. The van der Waals surface area contributed by atoms with E-state index in [2.05, 4.69) is 59.7 Å². The highest BCUT2D eigenvalue weighted by molar-refractivity contribution is 7.98. The molecule has 182 valence electrons. The zero-order valence-electron chi connectivity index (χ0n) is 20.5. The van der Waals surface area contributed by atoms with Crippen LogP contribution in [0.25, 0.3) is 5.69 Å². The molecule has 0 fully saturated rings. The second kappa shape index (κ2) is 13.8. The van der Waals surface area contributed by atoms with Gasteiger partial charge in [0.15, 0.2) is 11.0 Å². The van der Waals surface area contributed by atoms with Gasteiger partial charge < -0.3 is 10.1 Å². The maximum Gasteiger partial charge on any atom is 0.220 e. The average Bonchev–Trinajstić information content (AvgIpc) is 3.27. The monoisotopic (exact) mass is 480 g/mol. The van der Waals surface area contributed by atoms with Crippen LogP contribution in [0.4, 0.5) is 0 Å². The summed E-state index contributed by atoms with van der Waals surface area (Å²) in [5.41, 5.74) is 3.33. The largest absolute Gasteiger partial charge is 0.497 e.